The Balaban J connectivity index is 1.60. The van der Waals surface area contributed by atoms with E-state index in [4.69, 9.17) is 0 Å². The van der Waals surface area contributed by atoms with Gasteiger partial charge in [0.05, 0.1) is 12.1 Å². The highest BCUT2D eigenvalue weighted by atomic mass is 16.1. The first-order valence-corrected chi connectivity index (χ1v) is 7.21. The minimum absolute atomic E-state index is 0.0456. The number of rotatable bonds is 4. The lowest BCUT2D eigenvalue weighted by Gasteiger charge is -2.26. The molecule has 1 aromatic heterocycles. The van der Waals surface area contributed by atoms with Gasteiger partial charge in [0.1, 0.15) is 0 Å². The molecule has 1 aromatic rings. The summed E-state index contributed by atoms with van der Waals surface area (Å²) in [6.07, 6.45) is 7.77. The minimum atomic E-state index is 0.0456. The molecule has 0 bridgehead atoms. The molecule has 1 aliphatic heterocycles. The summed E-state index contributed by atoms with van der Waals surface area (Å²) in [5, 5.41) is 10.7. The van der Waals surface area contributed by atoms with Crippen LogP contribution in [0.5, 0.6) is 0 Å². The highest BCUT2D eigenvalue weighted by Gasteiger charge is 2.34. The van der Waals surface area contributed by atoms with E-state index < -0.39 is 0 Å². The second-order valence-electron chi connectivity index (χ2n) is 5.86. The Kier molecular flexibility index (Phi) is 3.55. The van der Waals surface area contributed by atoms with E-state index in [1.165, 1.54) is 19.3 Å². The van der Waals surface area contributed by atoms with E-state index in [0.29, 0.717) is 0 Å². The van der Waals surface area contributed by atoms with Gasteiger partial charge in [-0.1, -0.05) is 6.42 Å². The van der Waals surface area contributed by atoms with Gasteiger partial charge in [0, 0.05) is 38.8 Å². The minimum Gasteiger partial charge on any atom is -0.356 e. The number of aromatic nitrogens is 2. The molecule has 3 rings (SSSR count). The van der Waals surface area contributed by atoms with Crippen LogP contribution in [0.15, 0.2) is 12.4 Å². The fourth-order valence-corrected chi connectivity index (χ4v) is 3.01. The Morgan fingerprint density at radius 1 is 1.53 bits per heavy atom. The molecule has 0 unspecified atom stereocenters. The summed E-state index contributed by atoms with van der Waals surface area (Å²) in [6.45, 7) is 2.50. The van der Waals surface area contributed by atoms with Crippen LogP contribution in [0, 0.1) is 11.8 Å². The zero-order valence-corrected chi connectivity index (χ0v) is 11.4. The van der Waals surface area contributed by atoms with Crippen molar-refractivity contribution < 1.29 is 4.79 Å². The average molecular weight is 262 g/mol. The smallest absolute Gasteiger partial charge is 0.225 e. The molecule has 1 saturated heterocycles. The van der Waals surface area contributed by atoms with Crippen molar-refractivity contribution >= 4 is 5.91 Å². The highest BCUT2D eigenvalue weighted by Crippen LogP contribution is 2.29. The Labute approximate surface area is 113 Å². The maximum atomic E-state index is 12.3. The zero-order valence-electron chi connectivity index (χ0n) is 11.4. The molecule has 19 heavy (non-hydrogen) atoms. The number of nitrogens with one attached hydrogen (secondary N) is 2. The van der Waals surface area contributed by atoms with Crippen molar-refractivity contribution in [2.24, 2.45) is 18.9 Å². The molecule has 2 fully saturated rings. The second kappa shape index (κ2) is 5.33. The molecule has 5 nitrogen and oxygen atoms in total. The van der Waals surface area contributed by atoms with Gasteiger partial charge < -0.3 is 10.6 Å². The standard InChI is InChI=1S/C14H22N4O/c1-18-9-11(6-17-18)12-7-15-8-13(12)14(19)16-5-10-3-2-4-10/h6,9-10,12-13,15H,2-5,7-8H2,1H3,(H,16,19)/t12-,13+/m1/s1. The largest absolute Gasteiger partial charge is 0.356 e. The van der Waals surface area contributed by atoms with E-state index in [2.05, 4.69) is 15.7 Å². The van der Waals surface area contributed by atoms with E-state index >= 15 is 0 Å². The van der Waals surface area contributed by atoms with Crippen molar-refractivity contribution in [3.8, 4) is 0 Å². The van der Waals surface area contributed by atoms with Crippen LogP contribution in [0.4, 0.5) is 0 Å². The number of carbonyl (C=O) groups is 1. The molecule has 5 heteroatoms. The highest BCUT2D eigenvalue weighted by molar-refractivity contribution is 5.80. The molecule has 0 aromatic carbocycles. The van der Waals surface area contributed by atoms with Crippen molar-refractivity contribution in [1.29, 1.82) is 0 Å². The van der Waals surface area contributed by atoms with Crippen LogP contribution in [-0.4, -0.2) is 35.3 Å². The van der Waals surface area contributed by atoms with Gasteiger partial charge in [-0.2, -0.15) is 5.10 Å². The van der Waals surface area contributed by atoms with Gasteiger partial charge in [-0.05, 0) is 24.3 Å². The Bertz CT molecular complexity index is 452. The third kappa shape index (κ3) is 2.66. The number of aryl methyl sites for hydroxylation is 1. The first kappa shape index (κ1) is 12.7. The van der Waals surface area contributed by atoms with Gasteiger partial charge in [-0.25, -0.2) is 0 Å². The van der Waals surface area contributed by atoms with Gasteiger partial charge in [-0.15, -0.1) is 0 Å². The van der Waals surface area contributed by atoms with Crippen molar-refractivity contribution in [1.82, 2.24) is 20.4 Å². The monoisotopic (exact) mass is 262 g/mol. The van der Waals surface area contributed by atoms with E-state index in [0.717, 1.165) is 31.1 Å². The van der Waals surface area contributed by atoms with Crippen LogP contribution in [0.1, 0.15) is 30.7 Å². The number of nitrogens with zero attached hydrogens (tertiary/aromatic N) is 2. The molecule has 0 spiro atoms. The van der Waals surface area contributed by atoms with Gasteiger partial charge in [0.25, 0.3) is 0 Å². The first-order chi connectivity index (χ1) is 9.24. The van der Waals surface area contributed by atoms with E-state index in [-0.39, 0.29) is 17.7 Å². The van der Waals surface area contributed by atoms with E-state index in [1.807, 2.05) is 19.4 Å². The van der Waals surface area contributed by atoms with Crippen LogP contribution in [-0.2, 0) is 11.8 Å². The van der Waals surface area contributed by atoms with Crippen LogP contribution in [0.25, 0.3) is 0 Å². The fourth-order valence-electron chi connectivity index (χ4n) is 3.01. The third-order valence-corrected chi connectivity index (χ3v) is 4.49. The summed E-state index contributed by atoms with van der Waals surface area (Å²) in [7, 11) is 1.91. The Morgan fingerprint density at radius 3 is 3.00 bits per heavy atom. The molecule has 2 aliphatic rings. The van der Waals surface area contributed by atoms with Crippen LogP contribution >= 0.6 is 0 Å². The summed E-state index contributed by atoms with van der Waals surface area (Å²) < 4.78 is 1.80. The van der Waals surface area contributed by atoms with Crippen LogP contribution in [0.3, 0.4) is 0 Å². The zero-order chi connectivity index (χ0) is 13.2. The molecule has 1 amide bonds. The lowest BCUT2D eigenvalue weighted by atomic mass is 9.85. The van der Waals surface area contributed by atoms with Crippen molar-refractivity contribution in [3.63, 3.8) is 0 Å². The summed E-state index contributed by atoms with van der Waals surface area (Å²) in [6, 6.07) is 0. The fraction of sp³-hybridized carbons (Fsp3) is 0.714. The van der Waals surface area contributed by atoms with Crippen molar-refractivity contribution in [2.75, 3.05) is 19.6 Å². The number of carbonyl (C=O) groups excluding carboxylic acids is 1. The SMILES string of the molecule is Cn1cc([C@H]2CNC[C@@H]2C(=O)NCC2CCC2)cn1. The molecule has 0 radical (unpaired) electrons. The molecular formula is C14H22N4O. The summed E-state index contributed by atoms with van der Waals surface area (Å²) in [5.41, 5.74) is 1.16. The van der Waals surface area contributed by atoms with Crippen molar-refractivity contribution in [3.05, 3.63) is 18.0 Å². The summed E-state index contributed by atoms with van der Waals surface area (Å²) in [5.74, 6) is 1.22. The quantitative estimate of drug-likeness (QED) is 0.837. The molecule has 1 aliphatic carbocycles. The number of hydrogen-bond acceptors (Lipinski definition) is 3. The predicted octanol–water partition coefficient (Wildman–Crippen LogP) is 0.639. The van der Waals surface area contributed by atoms with Gasteiger partial charge in [-0.3, -0.25) is 9.48 Å². The van der Waals surface area contributed by atoms with E-state index in [9.17, 15) is 4.79 Å². The maximum Gasteiger partial charge on any atom is 0.225 e. The topological polar surface area (TPSA) is 59.0 Å². The Morgan fingerprint density at radius 2 is 2.37 bits per heavy atom. The summed E-state index contributed by atoms with van der Waals surface area (Å²) in [4.78, 5) is 12.3. The number of amides is 1. The lowest BCUT2D eigenvalue weighted by Crippen LogP contribution is -2.38. The van der Waals surface area contributed by atoms with Gasteiger partial charge in [0.15, 0.2) is 0 Å². The average Bonchev–Trinajstić information content (AvgIpc) is 2.94. The first-order valence-electron chi connectivity index (χ1n) is 7.21. The predicted molar refractivity (Wildman–Crippen MR) is 72.7 cm³/mol. The molecule has 2 heterocycles. The van der Waals surface area contributed by atoms with Crippen LogP contribution < -0.4 is 10.6 Å². The molecule has 2 atom stereocenters. The molecule has 1 saturated carbocycles. The molecule has 104 valence electrons. The Hall–Kier alpha value is -1.36. The normalized spacial score (nSPS) is 27.2. The second-order valence-corrected chi connectivity index (χ2v) is 5.86. The maximum absolute atomic E-state index is 12.3. The van der Waals surface area contributed by atoms with Crippen molar-refractivity contribution in [2.45, 2.75) is 25.2 Å². The molecule has 2 N–H and O–H groups in total. The van der Waals surface area contributed by atoms with E-state index in [1.54, 1.807) is 4.68 Å². The lowest BCUT2D eigenvalue weighted by molar-refractivity contribution is -0.125. The van der Waals surface area contributed by atoms with Crippen LogP contribution in [0.2, 0.25) is 0 Å². The van der Waals surface area contributed by atoms with Gasteiger partial charge in [0.2, 0.25) is 5.91 Å². The third-order valence-electron chi connectivity index (χ3n) is 4.49. The molecular weight excluding hydrogens is 240 g/mol. The van der Waals surface area contributed by atoms with Gasteiger partial charge >= 0.3 is 0 Å². The summed E-state index contributed by atoms with van der Waals surface area (Å²) >= 11 is 0. The number of hydrogen-bond donors (Lipinski definition) is 2.